The maximum Gasteiger partial charge on any atom is 0.229 e. The van der Waals surface area contributed by atoms with E-state index in [1.165, 1.54) is 0 Å². The van der Waals surface area contributed by atoms with Crippen molar-refractivity contribution in [1.29, 1.82) is 0 Å². The van der Waals surface area contributed by atoms with Gasteiger partial charge in [-0.15, -0.1) is 0 Å². The van der Waals surface area contributed by atoms with Gasteiger partial charge in [-0.05, 0) is 57.1 Å². The lowest BCUT2D eigenvalue weighted by molar-refractivity contribution is -0.138. The van der Waals surface area contributed by atoms with E-state index >= 15 is 0 Å². The molecule has 0 unspecified atom stereocenters. The maximum atomic E-state index is 13.2. The van der Waals surface area contributed by atoms with Crippen molar-refractivity contribution in [1.82, 2.24) is 14.8 Å². The Morgan fingerprint density at radius 1 is 1.23 bits per heavy atom. The van der Waals surface area contributed by atoms with Crippen molar-refractivity contribution in [2.45, 2.75) is 52.5 Å². The molecule has 2 aliphatic heterocycles. The van der Waals surface area contributed by atoms with Gasteiger partial charge in [-0.25, -0.2) is 0 Å². The zero-order chi connectivity index (χ0) is 18.3. The van der Waals surface area contributed by atoms with Crippen molar-refractivity contribution < 1.29 is 9.59 Å². The van der Waals surface area contributed by atoms with Crippen LogP contribution in [0.15, 0.2) is 18.2 Å². The first kappa shape index (κ1) is 17.5. The number of aryl methyl sites for hydroxylation is 1. The Bertz CT molecular complexity index is 719. The molecule has 2 saturated heterocycles. The van der Waals surface area contributed by atoms with E-state index in [4.69, 9.17) is 0 Å². The summed E-state index contributed by atoms with van der Waals surface area (Å²) in [6.45, 7) is 7.10. The van der Waals surface area contributed by atoms with E-state index in [0.717, 1.165) is 63.1 Å². The molecule has 140 valence electrons. The van der Waals surface area contributed by atoms with Gasteiger partial charge in [0, 0.05) is 31.2 Å². The second kappa shape index (κ2) is 6.67. The number of nitrogens with zero attached hydrogens (tertiary/aromatic N) is 3. The van der Waals surface area contributed by atoms with Crippen LogP contribution in [0.5, 0.6) is 0 Å². The van der Waals surface area contributed by atoms with Crippen LogP contribution in [0, 0.1) is 24.2 Å². The lowest BCUT2D eigenvalue weighted by Gasteiger charge is -2.27. The Hall–Kier alpha value is -1.91. The molecule has 1 aromatic heterocycles. The summed E-state index contributed by atoms with van der Waals surface area (Å²) in [4.78, 5) is 34.3. The molecule has 0 bridgehead atoms. The molecule has 26 heavy (non-hydrogen) atoms. The Kier molecular flexibility index (Phi) is 4.49. The molecule has 4 rings (SSSR count). The van der Waals surface area contributed by atoms with E-state index in [1.807, 2.05) is 34.9 Å². The summed E-state index contributed by atoms with van der Waals surface area (Å²) in [6, 6.07) is 5.98. The zero-order valence-corrected chi connectivity index (χ0v) is 15.9. The average Bonchev–Trinajstić information content (AvgIpc) is 3.33. The highest BCUT2D eigenvalue weighted by molar-refractivity contribution is 5.85. The van der Waals surface area contributed by atoms with E-state index in [0.29, 0.717) is 18.4 Å². The van der Waals surface area contributed by atoms with E-state index in [1.54, 1.807) is 0 Å². The molecule has 3 atom stereocenters. The summed E-state index contributed by atoms with van der Waals surface area (Å²) >= 11 is 0. The number of aromatic nitrogens is 1. The molecule has 1 aromatic rings. The second-order valence-electron chi connectivity index (χ2n) is 8.53. The molecule has 1 saturated carbocycles. The molecule has 5 nitrogen and oxygen atoms in total. The first-order valence-electron chi connectivity index (χ1n) is 9.99. The summed E-state index contributed by atoms with van der Waals surface area (Å²) in [5.74, 6) is 1.38. The quantitative estimate of drug-likeness (QED) is 0.838. The minimum atomic E-state index is -0.256. The monoisotopic (exact) mass is 355 g/mol. The fourth-order valence-electron chi connectivity index (χ4n) is 4.71. The molecular formula is C21H29N3O2. The standard InChI is InChI=1S/C21H29N3O2/c1-15-13-18(15)19(25)23-10-4-7-21(8-11-23)9-12-24(20(21)26)14-17-6-3-5-16(2)22-17/h3,5-6,15,18H,4,7-14H2,1-2H3/t15-,18-,21+/m0/s1. The topological polar surface area (TPSA) is 53.5 Å². The van der Waals surface area contributed by atoms with E-state index in [9.17, 15) is 9.59 Å². The first-order valence-corrected chi connectivity index (χ1v) is 9.99. The molecule has 0 aromatic carbocycles. The number of likely N-dealkylation sites (tertiary alicyclic amines) is 2. The van der Waals surface area contributed by atoms with E-state index in [-0.39, 0.29) is 17.2 Å². The molecule has 1 spiro atoms. The Morgan fingerprint density at radius 3 is 2.73 bits per heavy atom. The van der Waals surface area contributed by atoms with Crippen molar-refractivity contribution in [2.75, 3.05) is 19.6 Å². The van der Waals surface area contributed by atoms with Crippen LogP contribution in [-0.4, -0.2) is 46.2 Å². The summed E-state index contributed by atoms with van der Waals surface area (Å²) < 4.78 is 0. The fraction of sp³-hybridized carbons (Fsp3) is 0.667. The van der Waals surface area contributed by atoms with Crippen LogP contribution < -0.4 is 0 Å². The summed E-state index contributed by atoms with van der Waals surface area (Å²) in [5, 5.41) is 0. The molecule has 3 heterocycles. The van der Waals surface area contributed by atoms with Crippen LogP contribution in [0.25, 0.3) is 0 Å². The SMILES string of the molecule is Cc1cccc(CN2CC[C@]3(CCCN(C(=O)[C@H]4C[C@@H]4C)CC3)C2=O)n1. The Labute approximate surface area is 155 Å². The number of hydrogen-bond acceptors (Lipinski definition) is 3. The summed E-state index contributed by atoms with van der Waals surface area (Å²) in [7, 11) is 0. The van der Waals surface area contributed by atoms with Gasteiger partial charge in [0.05, 0.1) is 17.7 Å². The van der Waals surface area contributed by atoms with E-state index < -0.39 is 0 Å². The number of pyridine rings is 1. The van der Waals surface area contributed by atoms with Gasteiger partial charge in [-0.2, -0.15) is 0 Å². The van der Waals surface area contributed by atoms with Crippen LogP contribution in [0.3, 0.4) is 0 Å². The van der Waals surface area contributed by atoms with Gasteiger partial charge in [-0.3, -0.25) is 14.6 Å². The number of carbonyl (C=O) groups excluding carboxylic acids is 2. The van der Waals surface area contributed by atoms with Gasteiger partial charge in [0.25, 0.3) is 0 Å². The van der Waals surface area contributed by atoms with Gasteiger partial charge in [0.2, 0.25) is 11.8 Å². The van der Waals surface area contributed by atoms with Gasteiger partial charge in [-0.1, -0.05) is 13.0 Å². The summed E-state index contributed by atoms with van der Waals surface area (Å²) in [6.07, 6.45) is 4.62. The number of hydrogen-bond donors (Lipinski definition) is 0. The number of carbonyl (C=O) groups is 2. The molecule has 5 heteroatoms. The highest BCUT2D eigenvalue weighted by atomic mass is 16.2. The van der Waals surface area contributed by atoms with Crippen molar-refractivity contribution >= 4 is 11.8 Å². The van der Waals surface area contributed by atoms with Crippen molar-refractivity contribution in [3.63, 3.8) is 0 Å². The predicted octanol–water partition coefficient (Wildman–Crippen LogP) is 2.78. The fourth-order valence-corrected chi connectivity index (χ4v) is 4.71. The van der Waals surface area contributed by atoms with Crippen LogP contribution in [-0.2, 0) is 16.1 Å². The third-order valence-corrected chi connectivity index (χ3v) is 6.58. The minimum absolute atomic E-state index is 0.243. The lowest BCUT2D eigenvalue weighted by Crippen LogP contribution is -2.37. The van der Waals surface area contributed by atoms with Crippen LogP contribution in [0.4, 0.5) is 0 Å². The number of rotatable bonds is 3. The van der Waals surface area contributed by atoms with Crippen molar-refractivity contribution in [3.8, 4) is 0 Å². The van der Waals surface area contributed by atoms with E-state index in [2.05, 4.69) is 11.9 Å². The third kappa shape index (κ3) is 3.24. The molecule has 3 aliphatic rings. The number of amides is 2. The maximum absolute atomic E-state index is 13.2. The highest BCUT2D eigenvalue weighted by Gasteiger charge is 2.48. The second-order valence-corrected chi connectivity index (χ2v) is 8.53. The summed E-state index contributed by atoms with van der Waals surface area (Å²) in [5.41, 5.74) is 1.69. The lowest BCUT2D eigenvalue weighted by atomic mass is 9.79. The predicted molar refractivity (Wildman–Crippen MR) is 99.1 cm³/mol. The third-order valence-electron chi connectivity index (χ3n) is 6.58. The minimum Gasteiger partial charge on any atom is -0.342 e. The molecule has 1 aliphatic carbocycles. The molecule has 0 N–H and O–H groups in total. The van der Waals surface area contributed by atoms with Crippen molar-refractivity contribution in [3.05, 3.63) is 29.6 Å². The van der Waals surface area contributed by atoms with Gasteiger partial charge >= 0.3 is 0 Å². The average molecular weight is 355 g/mol. The van der Waals surface area contributed by atoms with Crippen LogP contribution in [0.1, 0.15) is 50.4 Å². The zero-order valence-electron chi connectivity index (χ0n) is 15.9. The Balaban J connectivity index is 1.41. The molecule has 3 fully saturated rings. The molecular weight excluding hydrogens is 326 g/mol. The largest absolute Gasteiger partial charge is 0.342 e. The van der Waals surface area contributed by atoms with Gasteiger partial charge in [0.15, 0.2) is 0 Å². The smallest absolute Gasteiger partial charge is 0.229 e. The Morgan fingerprint density at radius 2 is 2.00 bits per heavy atom. The molecule has 2 amide bonds. The van der Waals surface area contributed by atoms with Crippen LogP contribution >= 0.6 is 0 Å². The normalized spacial score (nSPS) is 31.4. The highest BCUT2D eigenvalue weighted by Crippen LogP contribution is 2.44. The first-order chi connectivity index (χ1) is 12.5. The van der Waals surface area contributed by atoms with Gasteiger partial charge in [0.1, 0.15) is 0 Å². The van der Waals surface area contributed by atoms with Crippen LogP contribution in [0.2, 0.25) is 0 Å². The van der Waals surface area contributed by atoms with Gasteiger partial charge < -0.3 is 9.80 Å². The molecule has 0 radical (unpaired) electrons. The van der Waals surface area contributed by atoms with Crippen molar-refractivity contribution in [2.24, 2.45) is 17.3 Å².